The van der Waals surface area contributed by atoms with Crippen molar-refractivity contribution >= 4 is 15.8 Å². The van der Waals surface area contributed by atoms with Crippen molar-refractivity contribution in [3.63, 3.8) is 0 Å². The molecule has 0 spiro atoms. The normalized spacial score (nSPS) is 11.8. The second-order valence-electron chi connectivity index (χ2n) is 4.02. The molecule has 0 atom stereocenters. The third-order valence-electron chi connectivity index (χ3n) is 2.82. The van der Waals surface area contributed by atoms with E-state index in [1.54, 1.807) is 26.0 Å². The van der Waals surface area contributed by atoms with Gasteiger partial charge in [-0.2, -0.15) is 4.31 Å². The van der Waals surface area contributed by atoms with Crippen LogP contribution in [0.15, 0.2) is 29.2 Å². The van der Waals surface area contributed by atoms with Crippen molar-refractivity contribution in [3.05, 3.63) is 29.8 Å². The molecule has 0 saturated heterocycles. The SMILES string of the molecule is CCC(=O)c1cccc(S(=O)(=O)N(CC)CCO)c1. The molecular formula is C13H19NO4S. The van der Waals surface area contributed by atoms with Crippen LogP contribution in [0.2, 0.25) is 0 Å². The van der Waals surface area contributed by atoms with E-state index in [2.05, 4.69) is 0 Å². The number of likely N-dealkylation sites (N-methyl/N-ethyl adjacent to an activating group) is 1. The highest BCUT2D eigenvalue weighted by molar-refractivity contribution is 7.89. The standard InChI is InChI=1S/C13H19NO4S/c1-3-13(16)11-6-5-7-12(10-11)19(17,18)14(4-2)8-9-15/h5-7,10,15H,3-4,8-9H2,1-2H3. The van der Waals surface area contributed by atoms with Gasteiger partial charge in [-0.15, -0.1) is 0 Å². The van der Waals surface area contributed by atoms with Gasteiger partial charge in [0.2, 0.25) is 10.0 Å². The van der Waals surface area contributed by atoms with E-state index >= 15 is 0 Å². The Kier molecular flexibility index (Phi) is 5.65. The van der Waals surface area contributed by atoms with Gasteiger partial charge in [-0.3, -0.25) is 4.79 Å². The summed E-state index contributed by atoms with van der Waals surface area (Å²) in [5.74, 6) is -0.0951. The van der Waals surface area contributed by atoms with E-state index < -0.39 is 10.0 Å². The van der Waals surface area contributed by atoms with Crippen molar-refractivity contribution in [1.29, 1.82) is 0 Å². The second kappa shape index (κ2) is 6.79. The first-order valence-corrected chi connectivity index (χ1v) is 7.65. The quantitative estimate of drug-likeness (QED) is 0.766. The molecule has 0 aromatic heterocycles. The minimum Gasteiger partial charge on any atom is -0.395 e. The Labute approximate surface area is 113 Å². The summed E-state index contributed by atoms with van der Waals surface area (Å²) in [6.07, 6.45) is 0.331. The predicted octanol–water partition coefficient (Wildman–Crippen LogP) is 1.28. The lowest BCUT2D eigenvalue weighted by Gasteiger charge is -2.19. The van der Waals surface area contributed by atoms with Crippen LogP contribution in [0.1, 0.15) is 30.6 Å². The maximum Gasteiger partial charge on any atom is 0.243 e. The number of rotatable bonds is 7. The van der Waals surface area contributed by atoms with Crippen LogP contribution in [-0.4, -0.2) is 43.3 Å². The first-order valence-electron chi connectivity index (χ1n) is 6.21. The van der Waals surface area contributed by atoms with Crippen molar-refractivity contribution < 1.29 is 18.3 Å². The molecule has 106 valence electrons. The summed E-state index contributed by atoms with van der Waals surface area (Å²) in [4.78, 5) is 11.7. The Morgan fingerprint density at radius 3 is 2.53 bits per heavy atom. The Morgan fingerprint density at radius 1 is 1.32 bits per heavy atom. The van der Waals surface area contributed by atoms with Crippen LogP contribution >= 0.6 is 0 Å². The molecule has 0 saturated carbocycles. The molecule has 0 amide bonds. The number of aliphatic hydroxyl groups excluding tert-OH is 1. The van der Waals surface area contributed by atoms with Crippen molar-refractivity contribution in [3.8, 4) is 0 Å². The highest BCUT2D eigenvalue weighted by atomic mass is 32.2. The Balaban J connectivity index is 3.17. The predicted molar refractivity (Wildman–Crippen MR) is 72.6 cm³/mol. The fraction of sp³-hybridized carbons (Fsp3) is 0.462. The summed E-state index contributed by atoms with van der Waals surface area (Å²) in [5.41, 5.74) is 0.392. The molecule has 0 aliphatic carbocycles. The third-order valence-corrected chi connectivity index (χ3v) is 4.79. The Morgan fingerprint density at radius 2 is 2.00 bits per heavy atom. The summed E-state index contributed by atoms with van der Waals surface area (Å²) < 4.78 is 25.8. The summed E-state index contributed by atoms with van der Waals surface area (Å²) in [6, 6.07) is 6.01. The van der Waals surface area contributed by atoms with E-state index in [9.17, 15) is 13.2 Å². The number of ketones is 1. The molecule has 0 fully saturated rings. The summed E-state index contributed by atoms with van der Waals surface area (Å²) >= 11 is 0. The molecule has 6 heteroatoms. The number of sulfonamides is 1. The largest absolute Gasteiger partial charge is 0.395 e. The highest BCUT2D eigenvalue weighted by Gasteiger charge is 2.23. The van der Waals surface area contributed by atoms with Gasteiger partial charge in [0.05, 0.1) is 11.5 Å². The molecule has 0 heterocycles. The Hall–Kier alpha value is -1.24. The molecule has 19 heavy (non-hydrogen) atoms. The molecule has 5 nitrogen and oxygen atoms in total. The second-order valence-corrected chi connectivity index (χ2v) is 5.96. The molecular weight excluding hydrogens is 266 g/mol. The van der Waals surface area contributed by atoms with Crippen LogP contribution in [0.3, 0.4) is 0 Å². The number of benzene rings is 1. The van der Waals surface area contributed by atoms with Crippen molar-refractivity contribution in [2.45, 2.75) is 25.2 Å². The molecule has 1 aromatic carbocycles. The Bertz CT molecular complexity index is 539. The number of aliphatic hydroxyl groups is 1. The maximum atomic E-state index is 12.3. The van der Waals surface area contributed by atoms with Crippen LogP contribution in [0.4, 0.5) is 0 Å². The first-order chi connectivity index (χ1) is 8.97. The van der Waals surface area contributed by atoms with E-state index in [0.29, 0.717) is 12.0 Å². The van der Waals surface area contributed by atoms with Gasteiger partial charge in [0.15, 0.2) is 5.78 Å². The number of hydrogen-bond donors (Lipinski definition) is 1. The van der Waals surface area contributed by atoms with Crippen molar-refractivity contribution in [1.82, 2.24) is 4.31 Å². The van der Waals surface area contributed by atoms with E-state index in [4.69, 9.17) is 5.11 Å². The maximum absolute atomic E-state index is 12.3. The zero-order valence-electron chi connectivity index (χ0n) is 11.2. The van der Waals surface area contributed by atoms with Gasteiger partial charge in [0.1, 0.15) is 0 Å². The van der Waals surface area contributed by atoms with Gasteiger partial charge in [0, 0.05) is 25.1 Å². The topological polar surface area (TPSA) is 74.7 Å². The van der Waals surface area contributed by atoms with Crippen LogP contribution < -0.4 is 0 Å². The summed E-state index contributed by atoms with van der Waals surface area (Å²) in [6.45, 7) is 3.52. The van der Waals surface area contributed by atoms with E-state index in [0.717, 1.165) is 0 Å². The van der Waals surface area contributed by atoms with Gasteiger partial charge in [0.25, 0.3) is 0 Å². The van der Waals surface area contributed by atoms with Crippen LogP contribution in [0.25, 0.3) is 0 Å². The molecule has 1 N–H and O–H groups in total. The summed E-state index contributed by atoms with van der Waals surface area (Å²) in [5, 5.41) is 8.90. The van der Waals surface area contributed by atoms with Crippen LogP contribution in [-0.2, 0) is 10.0 Å². The molecule has 0 unspecified atom stereocenters. The van der Waals surface area contributed by atoms with Gasteiger partial charge in [-0.25, -0.2) is 8.42 Å². The van der Waals surface area contributed by atoms with Gasteiger partial charge < -0.3 is 5.11 Å². The van der Waals surface area contributed by atoms with E-state index in [1.165, 1.54) is 16.4 Å². The van der Waals surface area contributed by atoms with Crippen molar-refractivity contribution in [2.24, 2.45) is 0 Å². The highest BCUT2D eigenvalue weighted by Crippen LogP contribution is 2.17. The molecule has 0 bridgehead atoms. The smallest absolute Gasteiger partial charge is 0.243 e. The molecule has 0 radical (unpaired) electrons. The molecule has 1 aromatic rings. The monoisotopic (exact) mass is 285 g/mol. The lowest BCUT2D eigenvalue weighted by Crippen LogP contribution is -2.33. The van der Waals surface area contributed by atoms with E-state index in [1.807, 2.05) is 0 Å². The number of Topliss-reactive ketones (excluding diaryl/α,β-unsaturated/α-hetero) is 1. The molecule has 0 aliphatic heterocycles. The van der Waals surface area contributed by atoms with Gasteiger partial charge in [-0.05, 0) is 12.1 Å². The van der Waals surface area contributed by atoms with Crippen LogP contribution in [0, 0.1) is 0 Å². The van der Waals surface area contributed by atoms with Crippen LogP contribution in [0.5, 0.6) is 0 Å². The zero-order chi connectivity index (χ0) is 14.5. The molecule has 1 rings (SSSR count). The number of hydrogen-bond acceptors (Lipinski definition) is 4. The average molecular weight is 285 g/mol. The van der Waals surface area contributed by atoms with Crippen molar-refractivity contribution in [2.75, 3.05) is 19.7 Å². The molecule has 0 aliphatic rings. The average Bonchev–Trinajstić information content (AvgIpc) is 2.43. The minimum absolute atomic E-state index is 0.0464. The fourth-order valence-corrected chi connectivity index (χ4v) is 3.23. The third kappa shape index (κ3) is 3.62. The van der Waals surface area contributed by atoms with Gasteiger partial charge in [-0.1, -0.05) is 26.0 Å². The number of nitrogens with zero attached hydrogens (tertiary/aromatic N) is 1. The number of carbonyl (C=O) groups excluding carboxylic acids is 1. The minimum atomic E-state index is -3.66. The summed E-state index contributed by atoms with van der Waals surface area (Å²) in [7, 11) is -3.66. The lowest BCUT2D eigenvalue weighted by atomic mass is 10.1. The van der Waals surface area contributed by atoms with E-state index in [-0.39, 0.29) is 30.4 Å². The van der Waals surface area contributed by atoms with Gasteiger partial charge >= 0.3 is 0 Å². The fourth-order valence-electron chi connectivity index (χ4n) is 1.74. The lowest BCUT2D eigenvalue weighted by molar-refractivity contribution is 0.0988. The zero-order valence-corrected chi connectivity index (χ0v) is 12.0. The number of carbonyl (C=O) groups is 1. The first kappa shape index (κ1) is 15.8.